The number of carbonyl (C=O) groups excluding carboxylic acids is 1. The normalized spacial score (nSPS) is 10.9. The average molecular weight is 440 g/mol. The Kier molecular flexibility index (Phi) is 7.55. The van der Waals surface area contributed by atoms with Crippen molar-refractivity contribution in [1.82, 2.24) is 14.9 Å². The lowest BCUT2D eigenvalue weighted by Crippen LogP contribution is -2.20. The van der Waals surface area contributed by atoms with Crippen LogP contribution in [-0.2, 0) is 11.2 Å². The number of aromatic nitrogens is 3. The Hall–Kier alpha value is -3.46. The van der Waals surface area contributed by atoms with Gasteiger partial charge < -0.3 is 14.8 Å². The minimum absolute atomic E-state index is 0.137. The topological polar surface area (TPSA) is 93.5 Å². The molecule has 1 aromatic heterocycles. The van der Waals surface area contributed by atoms with Gasteiger partial charge >= 0.3 is 0 Å². The fraction of sp³-hybridized carbons (Fsp3) is 0.273. The molecule has 0 bridgehead atoms. The minimum atomic E-state index is -0.255. The van der Waals surface area contributed by atoms with Gasteiger partial charge in [-0.05, 0) is 61.5 Å². The summed E-state index contributed by atoms with van der Waals surface area (Å²) in [5, 5.41) is 14.2. The maximum atomic E-state index is 12.2. The van der Waals surface area contributed by atoms with E-state index in [2.05, 4.69) is 27.5 Å². The van der Waals surface area contributed by atoms with E-state index in [0.717, 1.165) is 35.5 Å². The standard InChI is InChI=1S/C22H25N5O3S/c1-4-5-20-25-26-22(31)27(20)23-13-16-8-11-18(19(12-16)29-3)30-14-21(28)24-17-9-6-15(2)7-10-17/h6-13H,4-5,14H2,1-3H3,(H,24,28)(H,26,31)/b23-13+. The van der Waals surface area contributed by atoms with Crippen LogP contribution in [0.15, 0.2) is 47.6 Å². The Morgan fingerprint density at radius 1 is 1.26 bits per heavy atom. The molecule has 8 nitrogen and oxygen atoms in total. The summed E-state index contributed by atoms with van der Waals surface area (Å²) in [7, 11) is 1.54. The van der Waals surface area contributed by atoms with Gasteiger partial charge in [0.1, 0.15) is 0 Å². The second-order valence-corrected chi connectivity index (χ2v) is 7.25. The SMILES string of the molecule is CCCc1n[nH]c(=S)n1/N=C/c1ccc(OCC(=O)Nc2ccc(C)cc2)c(OC)c1. The number of anilines is 1. The molecule has 0 atom stereocenters. The summed E-state index contributed by atoms with van der Waals surface area (Å²) in [5.74, 6) is 1.48. The summed E-state index contributed by atoms with van der Waals surface area (Å²) in [5.41, 5.74) is 2.64. The van der Waals surface area contributed by atoms with Gasteiger partial charge in [-0.2, -0.15) is 14.9 Å². The van der Waals surface area contributed by atoms with Crippen LogP contribution in [0.2, 0.25) is 0 Å². The molecule has 3 rings (SSSR count). The Morgan fingerprint density at radius 3 is 2.74 bits per heavy atom. The molecule has 31 heavy (non-hydrogen) atoms. The van der Waals surface area contributed by atoms with Gasteiger partial charge in [0.2, 0.25) is 4.77 Å². The van der Waals surface area contributed by atoms with Gasteiger partial charge in [-0.1, -0.05) is 24.6 Å². The van der Waals surface area contributed by atoms with Crippen LogP contribution in [0, 0.1) is 11.7 Å². The highest BCUT2D eigenvalue weighted by atomic mass is 32.1. The maximum Gasteiger partial charge on any atom is 0.262 e. The summed E-state index contributed by atoms with van der Waals surface area (Å²) in [6, 6.07) is 12.9. The van der Waals surface area contributed by atoms with E-state index in [-0.39, 0.29) is 12.5 Å². The molecule has 0 saturated heterocycles. The smallest absolute Gasteiger partial charge is 0.262 e. The third-order valence-corrected chi connectivity index (χ3v) is 4.66. The van der Waals surface area contributed by atoms with Crippen molar-refractivity contribution in [1.29, 1.82) is 0 Å². The first-order chi connectivity index (χ1) is 15.0. The Bertz CT molecular complexity index is 1120. The number of amides is 1. The molecule has 1 heterocycles. The summed E-state index contributed by atoms with van der Waals surface area (Å²) >= 11 is 5.23. The largest absolute Gasteiger partial charge is 0.493 e. The molecule has 3 aromatic rings. The van der Waals surface area contributed by atoms with Crippen molar-refractivity contribution in [3.8, 4) is 11.5 Å². The summed E-state index contributed by atoms with van der Waals surface area (Å²) in [6.45, 7) is 3.92. The Labute approximate surface area is 185 Å². The molecule has 0 saturated carbocycles. The zero-order chi connectivity index (χ0) is 22.2. The van der Waals surface area contributed by atoms with Gasteiger partial charge in [0.05, 0.1) is 13.3 Å². The summed E-state index contributed by atoms with van der Waals surface area (Å²) in [4.78, 5) is 12.2. The van der Waals surface area contributed by atoms with Crippen LogP contribution in [0.1, 0.15) is 30.3 Å². The lowest BCUT2D eigenvalue weighted by Gasteiger charge is -2.11. The molecule has 9 heteroatoms. The first kappa shape index (κ1) is 22.2. The second-order valence-electron chi connectivity index (χ2n) is 6.86. The van der Waals surface area contributed by atoms with Crippen LogP contribution in [0.4, 0.5) is 5.69 Å². The molecule has 0 fully saturated rings. The van der Waals surface area contributed by atoms with E-state index < -0.39 is 0 Å². The Balaban J connectivity index is 1.66. The van der Waals surface area contributed by atoms with E-state index in [9.17, 15) is 4.79 Å². The quantitative estimate of drug-likeness (QED) is 0.387. The molecule has 2 N–H and O–H groups in total. The van der Waals surface area contributed by atoms with E-state index in [1.54, 1.807) is 30.1 Å². The van der Waals surface area contributed by atoms with Crippen molar-refractivity contribution in [2.75, 3.05) is 19.0 Å². The zero-order valence-corrected chi connectivity index (χ0v) is 18.5. The number of H-pyrrole nitrogens is 1. The van der Waals surface area contributed by atoms with Gasteiger partial charge in [-0.25, -0.2) is 0 Å². The van der Waals surface area contributed by atoms with Gasteiger partial charge in [0, 0.05) is 12.1 Å². The number of nitrogens with one attached hydrogen (secondary N) is 2. The zero-order valence-electron chi connectivity index (χ0n) is 17.7. The number of aryl methyl sites for hydroxylation is 2. The van der Waals surface area contributed by atoms with E-state index in [0.29, 0.717) is 16.3 Å². The van der Waals surface area contributed by atoms with Crippen molar-refractivity contribution in [3.05, 3.63) is 64.2 Å². The number of hydrogen-bond acceptors (Lipinski definition) is 6. The number of benzene rings is 2. The van der Waals surface area contributed by atoms with Crippen molar-refractivity contribution < 1.29 is 14.3 Å². The second kappa shape index (κ2) is 10.5. The lowest BCUT2D eigenvalue weighted by molar-refractivity contribution is -0.118. The lowest BCUT2D eigenvalue weighted by atomic mass is 10.2. The first-order valence-electron chi connectivity index (χ1n) is 9.88. The predicted octanol–water partition coefficient (Wildman–Crippen LogP) is 4.11. The van der Waals surface area contributed by atoms with E-state index in [1.807, 2.05) is 37.3 Å². The molecule has 0 radical (unpaired) electrons. The van der Waals surface area contributed by atoms with Crippen molar-refractivity contribution in [3.63, 3.8) is 0 Å². The van der Waals surface area contributed by atoms with Gasteiger partial charge in [-0.15, -0.1) is 0 Å². The number of aromatic amines is 1. The minimum Gasteiger partial charge on any atom is -0.493 e. The van der Waals surface area contributed by atoms with Crippen LogP contribution in [0.25, 0.3) is 0 Å². The van der Waals surface area contributed by atoms with Crippen LogP contribution < -0.4 is 14.8 Å². The van der Waals surface area contributed by atoms with Crippen molar-refractivity contribution in [2.24, 2.45) is 5.10 Å². The fourth-order valence-electron chi connectivity index (χ4n) is 2.81. The molecule has 0 spiro atoms. The molecule has 1 amide bonds. The van der Waals surface area contributed by atoms with E-state index >= 15 is 0 Å². The molecule has 0 unspecified atom stereocenters. The highest BCUT2D eigenvalue weighted by Crippen LogP contribution is 2.27. The van der Waals surface area contributed by atoms with Crippen LogP contribution >= 0.6 is 12.2 Å². The van der Waals surface area contributed by atoms with Gasteiger partial charge in [0.25, 0.3) is 5.91 Å². The molecule has 0 aliphatic rings. The number of carbonyl (C=O) groups is 1. The number of rotatable bonds is 9. The highest BCUT2D eigenvalue weighted by Gasteiger charge is 2.09. The third kappa shape index (κ3) is 6.02. The summed E-state index contributed by atoms with van der Waals surface area (Å²) < 4.78 is 13.1. The number of methoxy groups -OCH3 is 1. The molecule has 0 aliphatic carbocycles. The molecule has 0 aliphatic heterocycles. The maximum absolute atomic E-state index is 12.2. The van der Waals surface area contributed by atoms with E-state index in [1.165, 1.54) is 0 Å². The van der Waals surface area contributed by atoms with Gasteiger partial charge in [0.15, 0.2) is 23.9 Å². The van der Waals surface area contributed by atoms with Crippen LogP contribution in [0.5, 0.6) is 11.5 Å². The molecular formula is C22H25N5O3S. The number of nitrogens with zero attached hydrogens (tertiary/aromatic N) is 3. The number of hydrogen-bond donors (Lipinski definition) is 2. The number of ether oxygens (including phenoxy) is 2. The van der Waals surface area contributed by atoms with Crippen LogP contribution in [0.3, 0.4) is 0 Å². The van der Waals surface area contributed by atoms with Gasteiger partial charge in [-0.3, -0.25) is 9.89 Å². The molecule has 2 aromatic carbocycles. The first-order valence-corrected chi connectivity index (χ1v) is 10.3. The molecular weight excluding hydrogens is 414 g/mol. The highest BCUT2D eigenvalue weighted by molar-refractivity contribution is 7.71. The van der Waals surface area contributed by atoms with Crippen molar-refractivity contribution >= 4 is 30.0 Å². The predicted molar refractivity (Wildman–Crippen MR) is 123 cm³/mol. The van der Waals surface area contributed by atoms with Crippen LogP contribution in [-0.4, -0.2) is 40.7 Å². The van der Waals surface area contributed by atoms with E-state index in [4.69, 9.17) is 21.7 Å². The molecule has 162 valence electrons. The Morgan fingerprint density at radius 2 is 2.03 bits per heavy atom. The average Bonchev–Trinajstić information content (AvgIpc) is 3.12. The fourth-order valence-corrected chi connectivity index (χ4v) is 3.01. The third-order valence-electron chi connectivity index (χ3n) is 4.40. The van der Waals surface area contributed by atoms with Crippen molar-refractivity contribution in [2.45, 2.75) is 26.7 Å². The monoisotopic (exact) mass is 439 g/mol. The summed E-state index contributed by atoms with van der Waals surface area (Å²) in [6.07, 6.45) is 3.37.